The van der Waals surface area contributed by atoms with Crippen molar-refractivity contribution in [3.8, 4) is 5.69 Å². The number of nitrogens with one attached hydrogen (secondary N) is 1. The first-order chi connectivity index (χ1) is 7.49. The topological polar surface area (TPSA) is 63.8 Å². The maximum atomic E-state index is 11.2. The summed E-state index contributed by atoms with van der Waals surface area (Å²) in [4.78, 5) is 11.2. The minimum absolute atomic E-state index is 0.116. The average Bonchev–Trinajstić information content (AvgIpc) is 2.51. The zero-order valence-electron chi connectivity index (χ0n) is 9.66. The molecule has 4 heteroatoms. The molecular formula is C12H15N3O. The number of benzene rings is 1. The molecule has 0 aliphatic carbocycles. The Kier molecular flexibility index (Phi) is 2.34. The summed E-state index contributed by atoms with van der Waals surface area (Å²) in [7, 11) is 0. The zero-order chi connectivity index (χ0) is 11.9. The summed E-state index contributed by atoms with van der Waals surface area (Å²) in [5.41, 5.74) is 10.5. The van der Waals surface area contributed by atoms with Crippen LogP contribution in [0.2, 0.25) is 0 Å². The largest absolute Gasteiger partial charge is 0.397 e. The van der Waals surface area contributed by atoms with Crippen molar-refractivity contribution < 1.29 is 0 Å². The molecule has 2 rings (SSSR count). The van der Waals surface area contributed by atoms with E-state index < -0.39 is 0 Å². The number of rotatable bonds is 1. The molecule has 0 radical (unpaired) electrons. The molecule has 0 amide bonds. The molecule has 4 nitrogen and oxygen atoms in total. The molecule has 0 atom stereocenters. The van der Waals surface area contributed by atoms with Gasteiger partial charge < -0.3 is 5.73 Å². The highest BCUT2D eigenvalue weighted by Crippen LogP contribution is 2.21. The number of anilines is 1. The Morgan fingerprint density at radius 2 is 1.75 bits per heavy atom. The third kappa shape index (κ3) is 1.62. The second kappa shape index (κ2) is 3.56. The van der Waals surface area contributed by atoms with Gasteiger partial charge in [-0.05, 0) is 44.0 Å². The summed E-state index contributed by atoms with van der Waals surface area (Å²) in [5, 5.41) is 2.73. The van der Waals surface area contributed by atoms with Gasteiger partial charge in [0.1, 0.15) is 0 Å². The van der Waals surface area contributed by atoms with Crippen LogP contribution in [0.1, 0.15) is 16.8 Å². The van der Waals surface area contributed by atoms with Gasteiger partial charge in [0.05, 0.1) is 11.4 Å². The molecule has 1 aromatic carbocycles. The summed E-state index contributed by atoms with van der Waals surface area (Å²) in [6.45, 7) is 5.91. The van der Waals surface area contributed by atoms with Gasteiger partial charge in [0.2, 0.25) is 0 Å². The average molecular weight is 217 g/mol. The van der Waals surface area contributed by atoms with Gasteiger partial charge in [0.15, 0.2) is 0 Å². The van der Waals surface area contributed by atoms with Crippen molar-refractivity contribution in [3.05, 3.63) is 45.4 Å². The van der Waals surface area contributed by atoms with Gasteiger partial charge in [0.25, 0.3) is 5.56 Å². The molecule has 0 bridgehead atoms. The molecule has 0 saturated carbocycles. The van der Waals surface area contributed by atoms with Gasteiger partial charge in [-0.3, -0.25) is 14.6 Å². The van der Waals surface area contributed by atoms with Crippen LogP contribution in [0.5, 0.6) is 0 Å². The second-order valence-electron chi connectivity index (χ2n) is 4.09. The molecule has 16 heavy (non-hydrogen) atoms. The van der Waals surface area contributed by atoms with Gasteiger partial charge in [-0.25, -0.2) is 0 Å². The van der Waals surface area contributed by atoms with Crippen LogP contribution in [0.4, 0.5) is 5.69 Å². The van der Waals surface area contributed by atoms with E-state index in [1.54, 1.807) is 10.7 Å². The SMILES string of the molecule is Cc1cc(N)c(-n2[nH]c(=O)cc2C)cc1C. The van der Waals surface area contributed by atoms with E-state index in [2.05, 4.69) is 5.10 Å². The van der Waals surface area contributed by atoms with Crippen molar-refractivity contribution in [3.63, 3.8) is 0 Å². The predicted molar refractivity (Wildman–Crippen MR) is 65.0 cm³/mol. The maximum absolute atomic E-state index is 11.2. The molecule has 84 valence electrons. The van der Waals surface area contributed by atoms with Crippen LogP contribution in [-0.2, 0) is 0 Å². The van der Waals surface area contributed by atoms with Crippen LogP contribution in [0.25, 0.3) is 5.69 Å². The highest BCUT2D eigenvalue weighted by Gasteiger charge is 2.07. The third-order valence-electron chi connectivity index (χ3n) is 2.80. The minimum atomic E-state index is -0.116. The van der Waals surface area contributed by atoms with Crippen molar-refractivity contribution in [2.45, 2.75) is 20.8 Å². The zero-order valence-corrected chi connectivity index (χ0v) is 9.66. The number of nitrogens with zero attached hydrogens (tertiary/aromatic N) is 1. The predicted octanol–water partition coefficient (Wildman–Crippen LogP) is 1.67. The highest BCUT2D eigenvalue weighted by molar-refractivity contribution is 5.61. The van der Waals surface area contributed by atoms with Crippen molar-refractivity contribution in [2.24, 2.45) is 0 Å². The quantitative estimate of drug-likeness (QED) is 0.714. The first kappa shape index (κ1) is 10.5. The minimum Gasteiger partial charge on any atom is -0.397 e. The summed E-state index contributed by atoms with van der Waals surface area (Å²) in [6, 6.07) is 5.45. The normalized spacial score (nSPS) is 10.7. The fourth-order valence-electron chi connectivity index (χ4n) is 1.75. The summed E-state index contributed by atoms with van der Waals surface area (Å²) < 4.78 is 1.71. The van der Waals surface area contributed by atoms with E-state index in [9.17, 15) is 4.79 Å². The van der Waals surface area contributed by atoms with Gasteiger partial charge in [0, 0.05) is 11.8 Å². The lowest BCUT2D eigenvalue weighted by Gasteiger charge is -2.11. The fraction of sp³-hybridized carbons (Fsp3) is 0.250. The van der Waals surface area contributed by atoms with E-state index in [1.807, 2.05) is 32.9 Å². The molecule has 0 aliphatic rings. The number of aromatic amines is 1. The number of aryl methyl sites for hydroxylation is 3. The van der Waals surface area contributed by atoms with E-state index in [0.29, 0.717) is 5.69 Å². The molecule has 0 unspecified atom stereocenters. The fourth-order valence-corrected chi connectivity index (χ4v) is 1.75. The maximum Gasteiger partial charge on any atom is 0.264 e. The smallest absolute Gasteiger partial charge is 0.264 e. The number of nitrogen functional groups attached to an aromatic ring is 1. The van der Waals surface area contributed by atoms with Crippen LogP contribution in [0.15, 0.2) is 23.0 Å². The van der Waals surface area contributed by atoms with E-state index >= 15 is 0 Å². The number of hydrogen-bond acceptors (Lipinski definition) is 2. The monoisotopic (exact) mass is 217 g/mol. The number of H-pyrrole nitrogens is 1. The Bertz CT molecular complexity index is 593. The van der Waals surface area contributed by atoms with Gasteiger partial charge in [-0.15, -0.1) is 0 Å². The molecule has 1 heterocycles. The van der Waals surface area contributed by atoms with Gasteiger partial charge >= 0.3 is 0 Å². The first-order valence-electron chi connectivity index (χ1n) is 5.15. The van der Waals surface area contributed by atoms with Crippen LogP contribution >= 0.6 is 0 Å². The Hall–Kier alpha value is -1.97. The molecule has 0 saturated heterocycles. The van der Waals surface area contributed by atoms with E-state index in [0.717, 1.165) is 22.5 Å². The lowest BCUT2D eigenvalue weighted by atomic mass is 10.1. The van der Waals surface area contributed by atoms with Crippen molar-refractivity contribution in [2.75, 3.05) is 5.73 Å². The summed E-state index contributed by atoms with van der Waals surface area (Å²) in [6.07, 6.45) is 0. The molecule has 0 fully saturated rings. The molecule has 0 spiro atoms. The Labute approximate surface area is 93.7 Å². The first-order valence-corrected chi connectivity index (χ1v) is 5.15. The molecule has 2 aromatic rings. The van der Waals surface area contributed by atoms with Crippen LogP contribution < -0.4 is 11.3 Å². The molecule has 0 aliphatic heterocycles. The molecule has 3 N–H and O–H groups in total. The van der Waals surface area contributed by atoms with E-state index in [-0.39, 0.29) is 5.56 Å². The van der Waals surface area contributed by atoms with E-state index in [4.69, 9.17) is 5.73 Å². The number of aromatic nitrogens is 2. The van der Waals surface area contributed by atoms with Crippen molar-refractivity contribution >= 4 is 5.69 Å². The Morgan fingerprint density at radius 3 is 2.31 bits per heavy atom. The Morgan fingerprint density at radius 1 is 1.12 bits per heavy atom. The van der Waals surface area contributed by atoms with Crippen molar-refractivity contribution in [1.82, 2.24) is 9.78 Å². The second-order valence-corrected chi connectivity index (χ2v) is 4.09. The third-order valence-corrected chi connectivity index (χ3v) is 2.80. The van der Waals surface area contributed by atoms with Crippen LogP contribution in [0, 0.1) is 20.8 Å². The lowest BCUT2D eigenvalue weighted by molar-refractivity contribution is 0.835. The summed E-state index contributed by atoms with van der Waals surface area (Å²) >= 11 is 0. The number of nitrogens with two attached hydrogens (primary N) is 1. The number of hydrogen-bond donors (Lipinski definition) is 2. The van der Waals surface area contributed by atoms with Crippen molar-refractivity contribution in [1.29, 1.82) is 0 Å². The lowest BCUT2D eigenvalue weighted by Crippen LogP contribution is -2.07. The summed E-state index contributed by atoms with van der Waals surface area (Å²) in [5.74, 6) is 0. The van der Waals surface area contributed by atoms with Crippen LogP contribution in [-0.4, -0.2) is 9.78 Å². The van der Waals surface area contributed by atoms with E-state index in [1.165, 1.54) is 0 Å². The molecular weight excluding hydrogens is 202 g/mol. The highest BCUT2D eigenvalue weighted by atomic mass is 16.1. The Balaban J connectivity index is 2.69. The standard InChI is InChI=1S/C12H15N3O/c1-7-4-10(13)11(5-8(7)2)15-9(3)6-12(16)14-15/h4-6H,13H2,1-3H3,(H,14,16). The van der Waals surface area contributed by atoms with Crippen LogP contribution in [0.3, 0.4) is 0 Å². The van der Waals surface area contributed by atoms with Gasteiger partial charge in [-0.1, -0.05) is 0 Å². The molecule has 1 aromatic heterocycles. The van der Waals surface area contributed by atoms with Gasteiger partial charge in [-0.2, -0.15) is 0 Å².